The third-order valence-electron chi connectivity index (χ3n) is 6.68. The van der Waals surface area contributed by atoms with Crippen molar-refractivity contribution in [1.29, 1.82) is 0 Å². The van der Waals surface area contributed by atoms with E-state index in [0.717, 1.165) is 64.6 Å². The molecule has 6 heteroatoms. The molecule has 1 spiro atoms. The highest BCUT2D eigenvalue weighted by atomic mass is 16.2. The van der Waals surface area contributed by atoms with Crippen LogP contribution in [0.5, 0.6) is 0 Å². The highest BCUT2D eigenvalue weighted by molar-refractivity contribution is 5.76. The van der Waals surface area contributed by atoms with E-state index in [4.69, 9.17) is 0 Å². The van der Waals surface area contributed by atoms with Gasteiger partial charge in [0.15, 0.2) is 0 Å². The molecule has 0 unspecified atom stereocenters. The van der Waals surface area contributed by atoms with Gasteiger partial charge in [0.25, 0.3) is 0 Å². The molecule has 144 valence electrons. The predicted octanol–water partition coefficient (Wildman–Crippen LogP) is 1.81. The SMILES string of the molecule is CCn1cc(CN2CCN(C)[C@]3(CCC(=O)N(CC4CC4)CC3)C2)cn1. The Labute approximate surface area is 157 Å². The van der Waals surface area contributed by atoms with Crippen molar-refractivity contribution < 1.29 is 4.79 Å². The van der Waals surface area contributed by atoms with Gasteiger partial charge in [-0.15, -0.1) is 0 Å². The van der Waals surface area contributed by atoms with Gasteiger partial charge >= 0.3 is 0 Å². The number of likely N-dealkylation sites (tertiary alicyclic amines) is 1. The van der Waals surface area contributed by atoms with Crippen LogP contribution in [0, 0.1) is 5.92 Å². The summed E-state index contributed by atoms with van der Waals surface area (Å²) in [5.41, 5.74) is 1.44. The molecule has 1 aromatic heterocycles. The number of nitrogens with zero attached hydrogens (tertiary/aromatic N) is 5. The van der Waals surface area contributed by atoms with Crippen LogP contribution in [0.15, 0.2) is 12.4 Å². The number of carbonyl (C=O) groups excluding carboxylic acids is 1. The fraction of sp³-hybridized carbons (Fsp3) is 0.800. The van der Waals surface area contributed by atoms with Crippen molar-refractivity contribution in [1.82, 2.24) is 24.5 Å². The van der Waals surface area contributed by atoms with Gasteiger partial charge in [0.05, 0.1) is 6.20 Å². The van der Waals surface area contributed by atoms with E-state index >= 15 is 0 Å². The lowest BCUT2D eigenvalue weighted by atomic mass is 9.86. The largest absolute Gasteiger partial charge is 0.342 e. The maximum atomic E-state index is 12.6. The minimum atomic E-state index is 0.146. The van der Waals surface area contributed by atoms with E-state index in [9.17, 15) is 4.79 Å². The molecule has 1 amide bonds. The third kappa shape index (κ3) is 3.81. The second-order valence-corrected chi connectivity index (χ2v) is 8.59. The first kappa shape index (κ1) is 18.0. The van der Waals surface area contributed by atoms with Crippen LogP contribution in [-0.2, 0) is 17.9 Å². The van der Waals surface area contributed by atoms with Crippen molar-refractivity contribution in [3.8, 4) is 0 Å². The zero-order chi connectivity index (χ0) is 18.1. The summed E-state index contributed by atoms with van der Waals surface area (Å²) < 4.78 is 2.00. The smallest absolute Gasteiger partial charge is 0.222 e. The minimum Gasteiger partial charge on any atom is -0.342 e. The Balaban J connectivity index is 1.42. The standard InChI is InChI=1S/C20H33N5O/c1-3-25-15-18(12-21-25)13-23-11-10-22(2)20(16-23)7-6-19(26)24(9-8-20)14-17-4-5-17/h12,15,17H,3-11,13-14,16H2,1-2H3/t20-/m0/s1. The Bertz CT molecular complexity index is 640. The van der Waals surface area contributed by atoms with Gasteiger partial charge in [-0.25, -0.2) is 0 Å². The molecule has 3 aliphatic rings. The Hall–Kier alpha value is -1.40. The molecule has 3 fully saturated rings. The van der Waals surface area contributed by atoms with Crippen molar-refractivity contribution >= 4 is 5.91 Å². The van der Waals surface area contributed by atoms with E-state index < -0.39 is 0 Å². The summed E-state index contributed by atoms with van der Waals surface area (Å²) in [6.07, 6.45) is 9.60. The number of aryl methyl sites for hydroxylation is 1. The predicted molar refractivity (Wildman–Crippen MR) is 102 cm³/mol. The zero-order valence-corrected chi connectivity index (χ0v) is 16.4. The van der Waals surface area contributed by atoms with Crippen LogP contribution >= 0.6 is 0 Å². The summed E-state index contributed by atoms with van der Waals surface area (Å²) in [4.78, 5) is 19.9. The van der Waals surface area contributed by atoms with Gasteiger partial charge in [0.2, 0.25) is 5.91 Å². The second kappa shape index (κ2) is 7.31. The maximum Gasteiger partial charge on any atom is 0.222 e. The van der Waals surface area contributed by atoms with E-state index in [-0.39, 0.29) is 5.54 Å². The normalized spacial score (nSPS) is 28.7. The highest BCUT2D eigenvalue weighted by Crippen LogP contribution is 2.35. The number of carbonyl (C=O) groups is 1. The molecule has 26 heavy (non-hydrogen) atoms. The number of aromatic nitrogens is 2. The number of hydrogen-bond donors (Lipinski definition) is 0. The Morgan fingerprint density at radius 1 is 1.23 bits per heavy atom. The zero-order valence-electron chi connectivity index (χ0n) is 16.4. The van der Waals surface area contributed by atoms with Gasteiger partial charge in [-0.3, -0.25) is 19.3 Å². The molecule has 0 aromatic carbocycles. The second-order valence-electron chi connectivity index (χ2n) is 8.59. The Kier molecular flexibility index (Phi) is 5.06. The van der Waals surface area contributed by atoms with Crippen LogP contribution in [0.2, 0.25) is 0 Å². The highest BCUT2D eigenvalue weighted by Gasteiger charge is 2.42. The van der Waals surface area contributed by atoms with Crippen LogP contribution < -0.4 is 0 Å². The monoisotopic (exact) mass is 359 g/mol. The summed E-state index contributed by atoms with van der Waals surface area (Å²) in [6.45, 7) is 9.18. The topological polar surface area (TPSA) is 44.6 Å². The van der Waals surface area contributed by atoms with Crippen molar-refractivity contribution in [2.45, 2.75) is 57.7 Å². The molecule has 4 rings (SSSR count). The van der Waals surface area contributed by atoms with Gasteiger partial charge < -0.3 is 4.90 Å². The quantitative estimate of drug-likeness (QED) is 0.804. The number of piperazine rings is 1. The molecular formula is C20H33N5O. The van der Waals surface area contributed by atoms with Crippen LogP contribution in [0.25, 0.3) is 0 Å². The van der Waals surface area contributed by atoms with E-state index in [1.54, 1.807) is 0 Å². The molecule has 0 N–H and O–H groups in total. The number of likely N-dealkylation sites (N-methyl/N-ethyl adjacent to an activating group) is 1. The van der Waals surface area contributed by atoms with Gasteiger partial charge in [-0.1, -0.05) is 0 Å². The van der Waals surface area contributed by atoms with Crippen molar-refractivity contribution in [2.24, 2.45) is 5.92 Å². The van der Waals surface area contributed by atoms with Gasteiger partial charge in [-0.2, -0.15) is 5.10 Å². The molecule has 6 nitrogen and oxygen atoms in total. The van der Waals surface area contributed by atoms with Crippen molar-refractivity contribution in [3.05, 3.63) is 18.0 Å². The van der Waals surface area contributed by atoms with Gasteiger partial charge in [0.1, 0.15) is 0 Å². The molecule has 1 aliphatic carbocycles. The molecule has 2 aliphatic heterocycles. The molecule has 0 bridgehead atoms. The fourth-order valence-electron chi connectivity index (χ4n) is 4.63. The van der Waals surface area contributed by atoms with Gasteiger partial charge in [0, 0.05) is 69.5 Å². The first-order valence-corrected chi connectivity index (χ1v) is 10.3. The molecule has 3 heterocycles. The van der Waals surface area contributed by atoms with Crippen molar-refractivity contribution in [2.75, 3.05) is 39.8 Å². The maximum absolute atomic E-state index is 12.6. The van der Waals surface area contributed by atoms with E-state index in [1.807, 2.05) is 10.9 Å². The number of amides is 1. The van der Waals surface area contributed by atoms with Crippen LogP contribution in [0.3, 0.4) is 0 Å². The lowest BCUT2D eigenvalue weighted by Gasteiger charge is -2.49. The first-order valence-electron chi connectivity index (χ1n) is 10.3. The molecule has 1 atom stereocenters. The average molecular weight is 360 g/mol. The summed E-state index contributed by atoms with van der Waals surface area (Å²) >= 11 is 0. The molecule has 0 radical (unpaired) electrons. The van der Waals surface area contributed by atoms with E-state index in [0.29, 0.717) is 12.3 Å². The van der Waals surface area contributed by atoms with Crippen LogP contribution in [0.4, 0.5) is 0 Å². The first-order chi connectivity index (χ1) is 12.6. The minimum absolute atomic E-state index is 0.146. The Morgan fingerprint density at radius 2 is 2.08 bits per heavy atom. The number of hydrogen-bond acceptors (Lipinski definition) is 4. The lowest BCUT2D eigenvalue weighted by molar-refractivity contribution is -0.131. The lowest BCUT2D eigenvalue weighted by Crippen LogP contribution is -2.60. The molecular weight excluding hydrogens is 326 g/mol. The summed E-state index contributed by atoms with van der Waals surface area (Å²) in [6, 6.07) is 0. The van der Waals surface area contributed by atoms with E-state index in [2.05, 4.69) is 40.0 Å². The van der Waals surface area contributed by atoms with Crippen LogP contribution in [-0.4, -0.2) is 75.7 Å². The average Bonchev–Trinajstić information content (AvgIpc) is 3.37. The fourth-order valence-corrected chi connectivity index (χ4v) is 4.63. The molecule has 1 aromatic rings. The van der Waals surface area contributed by atoms with Gasteiger partial charge in [-0.05, 0) is 45.6 Å². The third-order valence-corrected chi connectivity index (χ3v) is 6.68. The van der Waals surface area contributed by atoms with Crippen molar-refractivity contribution in [3.63, 3.8) is 0 Å². The van der Waals surface area contributed by atoms with Crippen LogP contribution in [0.1, 0.15) is 44.6 Å². The summed E-state index contributed by atoms with van der Waals surface area (Å²) in [5, 5.41) is 4.42. The van der Waals surface area contributed by atoms with E-state index in [1.165, 1.54) is 18.4 Å². The Morgan fingerprint density at radius 3 is 2.81 bits per heavy atom. The molecule has 1 saturated carbocycles. The molecule has 2 saturated heterocycles. The number of rotatable bonds is 5. The summed E-state index contributed by atoms with van der Waals surface area (Å²) in [5.74, 6) is 1.16. The summed E-state index contributed by atoms with van der Waals surface area (Å²) in [7, 11) is 2.26.